The summed E-state index contributed by atoms with van der Waals surface area (Å²) < 4.78 is 13.0. The molecule has 1 N–H and O–H groups in total. The summed E-state index contributed by atoms with van der Waals surface area (Å²) in [5, 5.41) is 17.7. The molecule has 0 spiro atoms. The third-order valence-electron chi connectivity index (χ3n) is 9.47. The number of unbranched alkanes of at least 4 members (excludes halogenated alkanes) is 11. The molecule has 3 atom stereocenters. The zero-order chi connectivity index (χ0) is 35.4. The number of ether oxygens (including phenoxy) is 1. The lowest BCUT2D eigenvalue weighted by Crippen LogP contribution is -2.67. The predicted molar refractivity (Wildman–Crippen MR) is 204 cm³/mol. The summed E-state index contributed by atoms with van der Waals surface area (Å²) in [5.74, 6) is -0.504. The largest absolute Gasteiger partial charge is 0.456 e. The normalized spacial score (nSPS) is 13.7. The predicted octanol–water partition coefficient (Wildman–Crippen LogP) is 9.92. The Labute approximate surface area is 296 Å². The minimum absolute atomic E-state index is 0.0175. The Morgan fingerprint density at radius 1 is 0.755 bits per heavy atom. The van der Waals surface area contributed by atoms with Crippen LogP contribution in [0.5, 0.6) is 0 Å². The molecule has 0 aromatic heterocycles. The van der Waals surface area contributed by atoms with Crippen molar-refractivity contribution in [2.45, 2.75) is 134 Å². The number of aliphatic hydroxyl groups excluding tert-OH is 1. The summed E-state index contributed by atoms with van der Waals surface area (Å²) in [6, 6.07) is 28.3. The van der Waals surface area contributed by atoms with Crippen molar-refractivity contribution in [1.29, 1.82) is 0 Å². The van der Waals surface area contributed by atoms with Gasteiger partial charge in [-0.1, -0.05) is 182 Å². The molecule has 3 aromatic carbocycles. The number of azide groups is 1. The van der Waals surface area contributed by atoms with E-state index in [1.54, 1.807) is 24.3 Å². The Hall–Kier alpha value is -3.42. The highest BCUT2D eigenvalue weighted by molar-refractivity contribution is 6.99. The lowest BCUT2D eigenvalue weighted by molar-refractivity contribution is -0.0359. The van der Waals surface area contributed by atoms with Crippen LogP contribution >= 0.6 is 0 Å². The molecule has 0 bridgehead atoms. The van der Waals surface area contributed by atoms with E-state index in [1.807, 2.05) is 42.5 Å². The number of nitrogens with zero attached hydrogens (tertiary/aromatic N) is 3. The number of rotatable bonds is 23. The molecule has 0 radical (unpaired) electrons. The second-order valence-corrected chi connectivity index (χ2v) is 18.5. The van der Waals surface area contributed by atoms with Crippen LogP contribution in [-0.2, 0) is 9.16 Å². The highest BCUT2D eigenvalue weighted by Crippen LogP contribution is 2.37. The Morgan fingerprint density at radius 2 is 1.20 bits per heavy atom. The second kappa shape index (κ2) is 21.6. The van der Waals surface area contributed by atoms with Gasteiger partial charge in [0, 0.05) is 11.5 Å². The fourth-order valence-corrected chi connectivity index (χ4v) is 11.3. The number of esters is 1. The van der Waals surface area contributed by atoms with Crippen LogP contribution in [0.15, 0.2) is 96.1 Å². The molecule has 0 saturated carbocycles. The molecule has 0 aliphatic carbocycles. The smallest absolute Gasteiger partial charge is 0.338 e. The molecule has 0 unspecified atom stereocenters. The Balaban J connectivity index is 1.74. The number of hydrogen-bond donors (Lipinski definition) is 1. The average molecular weight is 686 g/mol. The van der Waals surface area contributed by atoms with Crippen LogP contribution in [0.25, 0.3) is 10.4 Å². The van der Waals surface area contributed by atoms with Crippen molar-refractivity contribution in [3.8, 4) is 0 Å². The monoisotopic (exact) mass is 685 g/mol. The standard InChI is InChI=1S/C41H59N3O4Si/c1-5-6-7-8-9-10-11-12-13-14-15-25-32-38(48-40(46)34-26-19-16-20-27-34)39(45)37(43-44-42)33-47-49(41(2,3)4,35-28-21-17-22-29-35)36-30-23-18-24-31-36/h16-24,26-31,37-39,45H,5-15,25,32-33H2,1-4H3/t37-,38+,39+/m0/s1. The van der Waals surface area contributed by atoms with Crippen LogP contribution in [0.1, 0.15) is 122 Å². The maximum absolute atomic E-state index is 13.2. The molecular formula is C41H59N3O4Si. The summed E-state index contributed by atoms with van der Waals surface area (Å²) in [6.45, 7) is 8.76. The maximum atomic E-state index is 13.2. The van der Waals surface area contributed by atoms with Crippen molar-refractivity contribution in [3.05, 3.63) is 107 Å². The number of hydrogen-bond acceptors (Lipinski definition) is 5. The Bertz CT molecular complexity index is 1340. The first-order chi connectivity index (χ1) is 23.7. The molecule has 0 fully saturated rings. The third kappa shape index (κ3) is 12.4. The minimum Gasteiger partial charge on any atom is -0.456 e. The number of carbonyl (C=O) groups is 1. The van der Waals surface area contributed by atoms with Gasteiger partial charge < -0.3 is 14.3 Å². The van der Waals surface area contributed by atoms with Crippen LogP contribution in [0.3, 0.4) is 0 Å². The van der Waals surface area contributed by atoms with Crippen molar-refractivity contribution >= 4 is 24.7 Å². The van der Waals surface area contributed by atoms with Crippen molar-refractivity contribution in [3.63, 3.8) is 0 Å². The quantitative estimate of drug-likeness (QED) is 0.0268. The van der Waals surface area contributed by atoms with Crippen molar-refractivity contribution in [2.75, 3.05) is 6.61 Å². The molecule has 8 heteroatoms. The number of aliphatic hydroxyl groups is 1. The zero-order valence-corrected chi connectivity index (χ0v) is 31.3. The van der Waals surface area contributed by atoms with Gasteiger partial charge in [0.05, 0.1) is 11.6 Å². The topological polar surface area (TPSA) is 105 Å². The minimum atomic E-state index is -2.97. The number of benzene rings is 3. The van der Waals surface area contributed by atoms with Gasteiger partial charge in [0.25, 0.3) is 8.32 Å². The van der Waals surface area contributed by atoms with Gasteiger partial charge in [-0.2, -0.15) is 0 Å². The van der Waals surface area contributed by atoms with Crippen LogP contribution < -0.4 is 10.4 Å². The summed E-state index contributed by atoms with van der Waals surface area (Å²) in [4.78, 5) is 16.3. The van der Waals surface area contributed by atoms with E-state index < -0.39 is 32.5 Å². The molecule has 0 aliphatic heterocycles. The van der Waals surface area contributed by atoms with Gasteiger partial charge in [-0.3, -0.25) is 0 Å². The fourth-order valence-electron chi connectivity index (χ4n) is 6.75. The van der Waals surface area contributed by atoms with Crippen molar-refractivity contribution in [1.82, 2.24) is 0 Å². The van der Waals surface area contributed by atoms with E-state index in [2.05, 4.69) is 62.0 Å². The van der Waals surface area contributed by atoms with Gasteiger partial charge in [-0.25, -0.2) is 4.79 Å². The fraction of sp³-hybridized carbons (Fsp3) is 0.537. The van der Waals surface area contributed by atoms with Gasteiger partial charge in [0.2, 0.25) is 0 Å². The highest BCUT2D eigenvalue weighted by Gasteiger charge is 2.50. The molecule has 49 heavy (non-hydrogen) atoms. The SMILES string of the molecule is CCCCCCCCCCCCCC[C@@H](OC(=O)c1ccccc1)[C@H](O)[C@H](CO[Si](c1ccccc1)(c1ccccc1)C(C)(C)C)N=[N+]=[N-]. The molecule has 0 aliphatic rings. The Kier molecular flexibility index (Phi) is 17.7. The van der Waals surface area contributed by atoms with E-state index in [0.717, 1.165) is 29.6 Å². The molecule has 0 amide bonds. The van der Waals surface area contributed by atoms with Crippen LogP contribution in [0.2, 0.25) is 5.04 Å². The summed E-state index contributed by atoms with van der Waals surface area (Å²) in [6.07, 6.45) is 12.9. The van der Waals surface area contributed by atoms with Gasteiger partial charge in [0.15, 0.2) is 0 Å². The summed E-state index contributed by atoms with van der Waals surface area (Å²) in [7, 11) is -2.97. The maximum Gasteiger partial charge on any atom is 0.338 e. The third-order valence-corrected chi connectivity index (χ3v) is 14.5. The van der Waals surface area contributed by atoms with Crippen molar-refractivity contribution in [2.24, 2.45) is 5.11 Å². The molecule has 3 aromatic rings. The molecule has 3 rings (SSSR count). The van der Waals surface area contributed by atoms with E-state index >= 15 is 0 Å². The Morgan fingerprint density at radius 3 is 1.65 bits per heavy atom. The molecule has 7 nitrogen and oxygen atoms in total. The van der Waals surface area contributed by atoms with E-state index in [4.69, 9.17) is 9.16 Å². The lowest BCUT2D eigenvalue weighted by atomic mass is 9.99. The van der Waals surface area contributed by atoms with E-state index in [-0.39, 0.29) is 11.6 Å². The van der Waals surface area contributed by atoms with E-state index in [1.165, 1.54) is 57.8 Å². The zero-order valence-electron chi connectivity index (χ0n) is 30.3. The average Bonchev–Trinajstić information content (AvgIpc) is 3.11. The summed E-state index contributed by atoms with van der Waals surface area (Å²) in [5.41, 5.74) is 10.0. The molecule has 0 saturated heterocycles. The molecular weight excluding hydrogens is 627 g/mol. The van der Waals surface area contributed by atoms with Gasteiger partial charge in [-0.05, 0) is 45.9 Å². The van der Waals surface area contributed by atoms with Gasteiger partial charge in [0.1, 0.15) is 12.2 Å². The molecule has 266 valence electrons. The van der Waals surface area contributed by atoms with Crippen LogP contribution in [0, 0.1) is 0 Å². The van der Waals surface area contributed by atoms with Crippen LogP contribution in [0.4, 0.5) is 0 Å². The van der Waals surface area contributed by atoms with Crippen molar-refractivity contribution < 1.29 is 19.1 Å². The molecule has 0 heterocycles. The van der Waals surface area contributed by atoms with E-state index in [9.17, 15) is 15.4 Å². The first-order valence-corrected chi connectivity index (χ1v) is 20.4. The highest BCUT2D eigenvalue weighted by atomic mass is 28.4. The first kappa shape index (κ1) is 40.0. The number of carbonyl (C=O) groups excluding carboxylic acids is 1. The van der Waals surface area contributed by atoms with E-state index in [0.29, 0.717) is 12.0 Å². The second-order valence-electron chi connectivity index (χ2n) is 14.2. The van der Waals surface area contributed by atoms with Gasteiger partial charge >= 0.3 is 5.97 Å². The van der Waals surface area contributed by atoms with Crippen LogP contribution in [-0.4, -0.2) is 44.2 Å². The first-order valence-electron chi connectivity index (χ1n) is 18.5. The summed E-state index contributed by atoms with van der Waals surface area (Å²) >= 11 is 0. The van der Waals surface area contributed by atoms with Gasteiger partial charge in [-0.15, -0.1) is 0 Å². The lowest BCUT2D eigenvalue weighted by Gasteiger charge is -2.44.